The Kier molecular flexibility index (Phi) is 6.37. The summed E-state index contributed by atoms with van der Waals surface area (Å²) >= 11 is 5.84. The van der Waals surface area contributed by atoms with Crippen molar-refractivity contribution in [2.45, 2.75) is 39.0 Å². The van der Waals surface area contributed by atoms with Crippen LogP contribution in [0.2, 0.25) is 5.02 Å². The molecule has 0 bridgehead atoms. The summed E-state index contributed by atoms with van der Waals surface area (Å²) in [6.07, 6.45) is -0.652. The predicted molar refractivity (Wildman–Crippen MR) is 79.2 cm³/mol. The van der Waals surface area contributed by atoms with E-state index in [1.165, 1.54) is 18.2 Å². The fourth-order valence-corrected chi connectivity index (χ4v) is 1.81. The lowest BCUT2D eigenvalue weighted by Gasteiger charge is -2.21. The number of hydrogen-bond acceptors (Lipinski definition) is 4. The largest absolute Gasteiger partial charge is 0.444 e. The zero-order valence-corrected chi connectivity index (χ0v) is 13.3. The maximum Gasteiger partial charge on any atom is 0.407 e. The second-order valence-electron chi connectivity index (χ2n) is 5.55. The maximum absolute atomic E-state index is 12.4. The molecule has 0 heterocycles. The molecule has 0 aliphatic heterocycles. The highest BCUT2D eigenvalue weighted by Gasteiger charge is 2.19. The topological polar surface area (TPSA) is 73.6 Å². The molecule has 1 amide bonds. The number of rotatable bonds is 5. The van der Waals surface area contributed by atoms with E-state index in [1.54, 1.807) is 20.8 Å². The first-order valence-electron chi connectivity index (χ1n) is 6.55. The first-order chi connectivity index (χ1) is 10.1. The third-order valence-electron chi connectivity index (χ3n) is 2.45. The molecule has 5 nitrogen and oxygen atoms in total. The normalized spacial score (nSPS) is 12.9. The van der Waals surface area contributed by atoms with Gasteiger partial charge in [0.1, 0.15) is 11.4 Å². The third kappa shape index (κ3) is 6.44. The van der Waals surface area contributed by atoms with E-state index >= 15 is 0 Å². The van der Waals surface area contributed by atoms with Gasteiger partial charge in [0.15, 0.2) is 0 Å². The van der Waals surface area contributed by atoms with E-state index in [4.69, 9.17) is 22.1 Å². The predicted octanol–water partition coefficient (Wildman–Crippen LogP) is 3.47. The molecular weight excluding hydrogens is 318 g/mol. The van der Waals surface area contributed by atoms with Crippen LogP contribution >= 0.6 is 11.6 Å². The van der Waals surface area contributed by atoms with Crippen molar-refractivity contribution in [2.75, 3.05) is 6.54 Å². The van der Waals surface area contributed by atoms with Gasteiger partial charge in [-0.3, -0.25) is 0 Å². The number of hydrogen-bond donors (Lipinski definition) is 2. The van der Waals surface area contributed by atoms with Crippen LogP contribution in [0.15, 0.2) is 18.2 Å². The average molecular weight is 337 g/mol. The van der Waals surface area contributed by atoms with Crippen LogP contribution in [-0.2, 0) is 4.74 Å². The number of ether oxygens (including phenoxy) is 2. The minimum absolute atomic E-state index is 0.0190. The maximum atomic E-state index is 12.4. The fraction of sp³-hybridized carbons (Fsp3) is 0.500. The number of alkyl carbamates (subject to hydrolysis) is 1. The summed E-state index contributed by atoms with van der Waals surface area (Å²) in [5, 5.41) is 2.79. The van der Waals surface area contributed by atoms with Gasteiger partial charge in [-0.05, 0) is 39.0 Å². The van der Waals surface area contributed by atoms with Crippen molar-refractivity contribution < 1.29 is 23.0 Å². The first kappa shape index (κ1) is 18.4. The Balaban J connectivity index is 2.74. The molecule has 8 heteroatoms. The molecule has 1 aromatic carbocycles. The van der Waals surface area contributed by atoms with E-state index in [1.807, 2.05) is 0 Å². The Morgan fingerprint density at radius 3 is 2.59 bits per heavy atom. The molecule has 0 saturated heterocycles. The molecule has 0 fully saturated rings. The lowest BCUT2D eigenvalue weighted by Crippen LogP contribution is -2.36. The van der Waals surface area contributed by atoms with Gasteiger partial charge in [0.25, 0.3) is 0 Å². The van der Waals surface area contributed by atoms with E-state index in [-0.39, 0.29) is 17.9 Å². The summed E-state index contributed by atoms with van der Waals surface area (Å²) in [5.41, 5.74) is 5.52. The van der Waals surface area contributed by atoms with Crippen molar-refractivity contribution in [3.63, 3.8) is 0 Å². The second kappa shape index (κ2) is 7.60. The smallest absolute Gasteiger partial charge is 0.407 e. The van der Waals surface area contributed by atoms with Crippen molar-refractivity contribution in [1.29, 1.82) is 0 Å². The molecule has 1 atom stereocenters. The summed E-state index contributed by atoms with van der Waals surface area (Å²) in [5.74, 6) is -0.0853. The number of halogens is 3. The van der Waals surface area contributed by atoms with E-state index in [9.17, 15) is 13.6 Å². The molecule has 0 aliphatic carbocycles. The molecule has 3 N–H and O–H groups in total. The van der Waals surface area contributed by atoms with Crippen LogP contribution in [0.3, 0.4) is 0 Å². The highest BCUT2D eigenvalue weighted by Crippen LogP contribution is 2.28. The fourth-order valence-electron chi connectivity index (χ4n) is 1.63. The zero-order chi connectivity index (χ0) is 16.9. The number of nitrogens with one attached hydrogen (secondary N) is 1. The minimum Gasteiger partial charge on any atom is -0.444 e. The molecule has 1 unspecified atom stereocenters. The number of amides is 1. The standard InChI is InChI=1S/C14H19ClF2N2O3/c1-14(2,3)22-13(20)19-7-10(18)9-6-8(15)4-5-11(9)21-12(16)17/h4-6,10,12H,7,18H2,1-3H3,(H,19,20). The van der Waals surface area contributed by atoms with Gasteiger partial charge in [0.2, 0.25) is 0 Å². The van der Waals surface area contributed by atoms with Crippen LogP contribution < -0.4 is 15.8 Å². The van der Waals surface area contributed by atoms with E-state index in [0.717, 1.165) is 0 Å². The highest BCUT2D eigenvalue weighted by atomic mass is 35.5. The molecule has 1 rings (SSSR count). The summed E-state index contributed by atoms with van der Waals surface area (Å²) in [6, 6.07) is 3.36. The average Bonchev–Trinajstić information content (AvgIpc) is 2.35. The first-order valence-corrected chi connectivity index (χ1v) is 6.93. The molecule has 0 radical (unpaired) electrons. The molecule has 0 saturated carbocycles. The molecular formula is C14H19ClF2N2O3. The van der Waals surface area contributed by atoms with Gasteiger partial charge in [0.05, 0.1) is 6.04 Å². The lowest BCUT2D eigenvalue weighted by atomic mass is 10.1. The third-order valence-corrected chi connectivity index (χ3v) is 2.69. The van der Waals surface area contributed by atoms with Gasteiger partial charge in [0, 0.05) is 17.1 Å². The van der Waals surface area contributed by atoms with Crippen molar-refractivity contribution in [3.05, 3.63) is 28.8 Å². The summed E-state index contributed by atoms with van der Waals surface area (Å²) in [4.78, 5) is 11.6. The molecule has 1 aromatic rings. The molecule has 22 heavy (non-hydrogen) atoms. The number of carbonyl (C=O) groups excluding carboxylic acids is 1. The molecule has 0 spiro atoms. The number of alkyl halides is 2. The minimum atomic E-state index is -2.98. The zero-order valence-electron chi connectivity index (χ0n) is 12.5. The number of carbonyl (C=O) groups is 1. The van der Waals surface area contributed by atoms with Crippen molar-refractivity contribution in [3.8, 4) is 5.75 Å². The van der Waals surface area contributed by atoms with Crippen LogP contribution in [0.25, 0.3) is 0 Å². The monoisotopic (exact) mass is 336 g/mol. The second-order valence-corrected chi connectivity index (χ2v) is 5.99. The molecule has 0 aromatic heterocycles. The highest BCUT2D eigenvalue weighted by molar-refractivity contribution is 6.30. The number of nitrogens with two attached hydrogens (primary N) is 1. The summed E-state index contributed by atoms with van der Waals surface area (Å²) in [6.45, 7) is 2.16. The summed E-state index contributed by atoms with van der Waals surface area (Å²) < 4.78 is 34.2. The SMILES string of the molecule is CC(C)(C)OC(=O)NCC(N)c1cc(Cl)ccc1OC(F)F. The van der Waals surface area contributed by atoms with E-state index in [2.05, 4.69) is 10.1 Å². The van der Waals surface area contributed by atoms with Crippen LogP contribution in [0.4, 0.5) is 13.6 Å². The van der Waals surface area contributed by atoms with Crippen LogP contribution in [0, 0.1) is 0 Å². The van der Waals surface area contributed by atoms with Gasteiger partial charge >= 0.3 is 12.7 Å². The quantitative estimate of drug-likeness (QED) is 0.863. The van der Waals surface area contributed by atoms with E-state index < -0.39 is 24.3 Å². The van der Waals surface area contributed by atoms with Crippen LogP contribution in [-0.4, -0.2) is 24.9 Å². The Morgan fingerprint density at radius 1 is 1.41 bits per heavy atom. The number of benzene rings is 1. The van der Waals surface area contributed by atoms with Crippen LogP contribution in [0.5, 0.6) is 5.75 Å². The van der Waals surface area contributed by atoms with E-state index in [0.29, 0.717) is 5.02 Å². The van der Waals surface area contributed by atoms with Gasteiger partial charge < -0.3 is 20.5 Å². The Hall–Kier alpha value is -1.60. The van der Waals surface area contributed by atoms with Gasteiger partial charge in [-0.2, -0.15) is 8.78 Å². The van der Waals surface area contributed by atoms with Crippen molar-refractivity contribution >= 4 is 17.7 Å². The lowest BCUT2D eigenvalue weighted by molar-refractivity contribution is -0.0506. The Bertz CT molecular complexity index is 521. The Labute approximate surface area is 132 Å². The van der Waals surface area contributed by atoms with Crippen molar-refractivity contribution in [2.24, 2.45) is 5.73 Å². The van der Waals surface area contributed by atoms with Gasteiger partial charge in [-0.1, -0.05) is 11.6 Å². The van der Waals surface area contributed by atoms with Crippen molar-refractivity contribution in [1.82, 2.24) is 5.32 Å². The van der Waals surface area contributed by atoms with Crippen LogP contribution in [0.1, 0.15) is 32.4 Å². The van der Waals surface area contributed by atoms with Gasteiger partial charge in [-0.15, -0.1) is 0 Å². The van der Waals surface area contributed by atoms with Gasteiger partial charge in [-0.25, -0.2) is 4.79 Å². The Morgan fingerprint density at radius 2 is 2.05 bits per heavy atom. The summed E-state index contributed by atoms with van der Waals surface area (Å²) in [7, 11) is 0. The molecule has 0 aliphatic rings. The molecule has 124 valence electrons.